The first-order valence-electron chi connectivity index (χ1n) is 10.0. The molecule has 0 saturated carbocycles. The van der Waals surface area contributed by atoms with Crippen molar-refractivity contribution in [1.82, 2.24) is 0 Å². The Hall–Kier alpha value is -3.02. The highest BCUT2D eigenvalue weighted by atomic mass is 16.5. The minimum atomic E-state index is -0.259. The second-order valence-corrected chi connectivity index (χ2v) is 7.03. The van der Waals surface area contributed by atoms with Crippen molar-refractivity contribution in [2.75, 3.05) is 34.8 Å². The molecule has 1 N–H and O–H groups in total. The zero-order valence-corrected chi connectivity index (χ0v) is 17.9. The van der Waals surface area contributed by atoms with Crippen LogP contribution in [0.25, 0.3) is 0 Å². The Morgan fingerprint density at radius 1 is 0.931 bits per heavy atom. The highest BCUT2D eigenvalue weighted by Crippen LogP contribution is 2.21. The Bertz CT molecular complexity index is 797. The maximum Gasteiger partial charge on any atom is 0.244 e. The van der Waals surface area contributed by atoms with Crippen molar-refractivity contribution < 1.29 is 14.3 Å². The fourth-order valence-electron chi connectivity index (χ4n) is 3.05. The Morgan fingerprint density at radius 3 is 1.97 bits per heavy atom. The van der Waals surface area contributed by atoms with E-state index in [1.54, 1.807) is 12.1 Å². The van der Waals surface area contributed by atoms with Gasteiger partial charge in [-0.1, -0.05) is 0 Å². The zero-order valence-electron chi connectivity index (χ0n) is 17.9. The lowest BCUT2D eigenvalue weighted by Gasteiger charge is -2.24. The molecule has 0 heterocycles. The molecule has 0 aliphatic heterocycles. The molecule has 0 unspecified atom stereocenters. The SMILES string of the molecule is CCN(CC)c1ccc(N(CC(=O)Nc2ccc(OC(C)C)cc2)C(C)=O)cc1. The third-order valence-corrected chi connectivity index (χ3v) is 4.48. The molecule has 0 aliphatic carbocycles. The summed E-state index contributed by atoms with van der Waals surface area (Å²) >= 11 is 0. The van der Waals surface area contributed by atoms with E-state index in [-0.39, 0.29) is 24.5 Å². The van der Waals surface area contributed by atoms with E-state index in [9.17, 15) is 9.59 Å². The summed E-state index contributed by atoms with van der Waals surface area (Å²) in [5.74, 6) is 0.304. The van der Waals surface area contributed by atoms with E-state index >= 15 is 0 Å². The summed E-state index contributed by atoms with van der Waals surface area (Å²) in [5.41, 5.74) is 2.45. The summed E-state index contributed by atoms with van der Waals surface area (Å²) in [5, 5.41) is 2.83. The van der Waals surface area contributed by atoms with Crippen LogP contribution in [-0.4, -0.2) is 37.6 Å². The summed E-state index contributed by atoms with van der Waals surface area (Å²) < 4.78 is 5.60. The summed E-state index contributed by atoms with van der Waals surface area (Å²) in [6.45, 7) is 11.4. The van der Waals surface area contributed by atoms with Gasteiger partial charge in [0.2, 0.25) is 11.8 Å². The number of benzene rings is 2. The smallest absolute Gasteiger partial charge is 0.244 e. The van der Waals surface area contributed by atoms with Gasteiger partial charge in [0.25, 0.3) is 0 Å². The standard InChI is InChI=1S/C23H31N3O3/c1-6-25(7-2)20-10-12-21(13-11-20)26(18(5)27)16-23(28)24-19-8-14-22(15-9-19)29-17(3)4/h8-15,17H,6-7,16H2,1-5H3,(H,24,28). The summed E-state index contributed by atoms with van der Waals surface area (Å²) in [7, 11) is 0. The number of hydrogen-bond donors (Lipinski definition) is 1. The summed E-state index contributed by atoms with van der Waals surface area (Å²) in [6.07, 6.45) is 0.0905. The molecule has 0 spiro atoms. The first-order valence-corrected chi connectivity index (χ1v) is 10.0. The summed E-state index contributed by atoms with van der Waals surface area (Å²) in [4.78, 5) is 28.3. The molecule has 0 aromatic heterocycles. The predicted molar refractivity (Wildman–Crippen MR) is 119 cm³/mol. The molecule has 0 bridgehead atoms. The lowest BCUT2D eigenvalue weighted by atomic mass is 10.2. The van der Waals surface area contributed by atoms with Crippen molar-refractivity contribution in [2.24, 2.45) is 0 Å². The molecule has 0 saturated heterocycles. The van der Waals surface area contributed by atoms with Gasteiger partial charge in [0, 0.05) is 37.1 Å². The topological polar surface area (TPSA) is 61.9 Å². The molecule has 6 nitrogen and oxygen atoms in total. The Kier molecular flexibility index (Phi) is 8.07. The maximum atomic E-state index is 12.5. The number of amides is 2. The van der Waals surface area contributed by atoms with Crippen molar-refractivity contribution in [2.45, 2.75) is 40.7 Å². The van der Waals surface area contributed by atoms with Gasteiger partial charge in [0.05, 0.1) is 6.10 Å². The van der Waals surface area contributed by atoms with Crippen molar-refractivity contribution in [1.29, 1.82) is 0 Å². The normalized spacial score (nSPS) is 10.6. The second kappa shape index (κ2) is 10.5. The Labute approximate surface area is 173 Å². The predicted octanol–water partition coefficient (Wildman–Crippen LogP) is 4.31. The van der Waals surface area contributed by atoms with E-state index in [2.05, 4.69) is 24.1 Å². The van der Waals surface area contributed by atoms with Gasteiger partial charge >= 0.3 is 0 Å². The molecule has 0 atom stereocenters. The van der Waals surface area contributed by atoms with E-state index in [1.165, 1.54) is 11.8 Å². The molecule has 2 aromatic carbocycles. The number of carbonyl (C=O) groups is 2. The van der Waals surface area contributed by atoms with Crippen LogP contribution in [0.3, 0.4) is 0 Å². The molecule has 2 rings (SSSR count). The quantitative estimate of drug-likeness (QED) is 0.685. The largest absolute Gasteiger partial charge is 0.491 e. The lowest BCUT2D eigenvalue weighted by Crippen LogP contribution is -2.36. The first-order chi connectivity index (χ1) is 13.8. The highest BCUT2D eigenvalue weighted by molar-refractivity contribution is 6.01. The number of carbonyl (C=O) groups excluding carboxylic acids is 2. The molecular formula is C23H31N3O3. The van der Waals surface area contributed by atoms with Crippen LogP contribution in [0.15, 0.2) is 48.5 Å². The number of ether oxygens (including phenoxy) is 1. The average molecular weight is 398 g/mol. The van der Waals surface area contributed by atoms with Gasteiger partial charge in [-0.25, -0.2) is 0 Å². The maximum absolute atomic E-state index is 12.5. The molecule has 2 aromatic rings. The van der Waals surface area contributed by atoms with Gasteiger partial charge < -0.3 is 19.9 Å². The monoisotopic (exact) mass is 397 g/mol. The second-order valence-electron chi connectivity index (χ2n) is 7.03. The van der Waals surface area contributed by atoms with Crippen LogP contribution in [0.5, 0.6) is 5.75 Å². The number of rotatable bonds is 9. The van der Waals surface area contributed by atoms with Crippen LogP contribution in [0.2, 0.25) is 0 Å². The minimum Gasteiger partial charge on any atom is -0.491 e. The van der Waals surface area contributed by atoms with Crippen LogP contribution in [0, 0.1) is 0 Å². The zero-order chi connectivity index (χ0) is 21.4. The summed E-state index contributed by atoms with van der Waals surface area (Å²) in [6, 6.07) is 14.9. The van der Waals surface area contributed by atoms with E-state index in [0.717, 1.165) is 24.5 Å². The fraction of sp³-hybridized carbons (Fsp3) is 0.391. The van der Waals surface area contributed by atoms with Gasteiger partial charge in [-0.2, -0.15) is 0 Å². The molecular weight excluding hydrogens is 366 g/mol. The number of anilines is 3. The van der Waals surface area contributed by atoms with Crippen LogP contribution in [0.1, 0.15) is 34.6 Å². The van der Waals surface area contributed by atoms with Crippen molar-refractivity contribution in [3.05, 3.63) is 48.5 Å². The first kappa shape index (κ1) is 22.3. The number of nitrogens with zero attached hydrogens (tertiary/aromatic N) is 2. The molecule has 6 heteroatoms. The average Bonchev–Trinajstić information content (AvgIpc) is 2.69. The third kappa shape index (κ3) is 6.52. The van der Waals surface area contributed by atoms with Crippen LogP contribution in [0.4, 0.5) is 17.1 Å². The van der Waals surface area contributed by atoms with E-state index in [4.69, 9.17) is 4.74 Å². The van der Waals surface area contributed by atoms with Crippen molar-refractivity contribution in [3.63, 3.8) is 0 Å². The van der Waals surface area contributed by atoms with Crippen LogP contribution in [-0.2, 0) is 9.59 Å². The number of hydrogen-bond acceptors (Lipinski definition) is 4. The lowest BCUT2D eigenvalue weighted by molar-refractivity contribution is -0.120. The third-order valence-electron chi connectivity index (χ3n) is 4.48. The van der Waals surface area contributed by atoms with Crippen molar-refractivity contribution in [3.8, 4) is 5.75 Å². The minimum absolute atomic E-state index is 0.0514. The van der Waals surface area contributed by atoms with Gasteiger partial charge in [-0.05, 0) is 76.2 Å². The fourth-order valence-corrected chi connectivity index (χ4v) is 3.05. The molecule has 2 amide bonds. The Balaban J connectivity index is 2.04. The highest BCUT2D eigenvalue weighted by Gasteiger charge is 2.16. The van der Waals surface area contributed by atoms with Crippen molar-refractivity contribution >= 4 is 28.9 Å². The molecule has 156 valence electrons. The van der Waals surface area contributed by atoms with Crippen LogP contribution >= 0.6 is 0 Å². The molecule has 0 aliphatic rings. The Morgan fingerprint density at radius 2 is 1.48 bits per heavy atom. The van der Waals surface area contributed by atoms with E-state index in [1.807, 2.05) is 50.2 Å². The molecule has 0 radical (unpaired) electrons. The van der Waals surface area contributed by atoms with Gasteiger partial charge in [-0.3, -0.25) is 9.59 Å². The molecule has 0 fully saturated rings. The van der Waals surface area contributed by atoms with Gasteiger partial charge in [0.15, 0.2) is 0 Å². The van der Waals surface area contributed by atoms with E-state index in [0.29, 0.717) is 11.4 Å². The van der Waals surface area contributed by atoms with Gasteiger partial charge in [-0.15, -0.1) is 0 Å². The van der Waals surface area contributed by atoms with Crippen LogP contribution < -0.4 is 19.9 Å². The number of nitrogens with one attached hydrogen (secondary N) is 1. The van der Waals surface area contributed by atoms with Gasteiger partial charge in [0.1, 0.15) is 12.3 Å². The van der Waals surface area contributed by atoms with E-state index < -0.39 is 0 Å². The molecule has 29 heavy (non-hydrogen) atoms.